The highest BCUT2D eigenvalue weighted by atomic mass is 32.2. The van der Waals surface area contributed by atoms with Crippen molar-refractivity contribution in [2.45, 2.75) is 93.9 Å². The molecule has 1 aliphatic rings. The Bertz CT molecular complexity index is 3400. The molecule has 0 atom stereocenters. The molecule has 2 aromatic heterocycles. The van der Waals surface area contributed by atoms with Crippen LogP contribution in [0.3, 0.4) is 0 Å². The number of carbonyl (C=O) groups excluding carboxylic acids is 2. The molecular weight excluding hydrogens is 917 g/mol. The highest BCUT2D eigenvalue weighted by Crippen LogP contribution is 2.37. The van der Waals surface area contributed by atoms with E-state index in [9.17, 15) is 26.4 Å². The van der Waals surface area contributed by atoms with E-state index in [1.54, 1.807) is 61.6 Å². The number of amides is 2. The van der Waals surface area contributed by atoms with Crippen LogP contribution in [0.15, 0.2) is 155 Å². The minimum atomic E-state index is -3.79. The molecule has 1 saturated carbocycles. The number of anilines is 2. The van der Waals surface area contributed by atoms with Crippen molar-refractivity contribution in [2.75, 3.05) is 16.5 Å². The summed E-state index contributed by atoms with van der Waals surface area (Å²) < 4.78 is 57.8. The van der Waals surface area contributed by atoms with Crippen molar-refractivity contribution >= 4 is 65.0 Å². The molecule has 2 amide bonds. The van der Waals surface area contributed by atoms with Gasteiger partial charge in [-0.2, -0.15) is 0 Å². The van der Waals surface area contributed by atoms with Crippen LogP contribution in [0.5, 0.6) is 0 Å². The van der Waals surface area contributed by atoms with Crippen LogP contribution < -0.4 is 20.1 Å². The molecule has 0 bridgehead atoms. The van der Waals surface area contributed by atoms with Crippen LogP contribution in [-0.2, 0) is 30.9 Å². The highest BCUT2D eigenvalue weighted by Gasteiger charge is 2.26. The zero-order valence-corrected chi connectivity index (χ0v) is 42.2. The number of hydrogen-bond acceptors (Lipinski definition) is 6. The number of benzene rings is 6. The number of rotatable bonds is 11. The zero-order chi connectivity index (χ0) is 50.0. The molecule has 0 aliphatic heterocycles. The monoisotopic (exact) mass is 976 g/mol. The first-order chi connectivity index (χ1) is 33.2. The van der Waals surface area contributed by atoms with Gasteiger partial charge in [-0.05, 0) is 107 Å². The third-order valence-electron chi connectivity index (χ3n) is 12.7. The van der Waals surface area contributed by atoms with Crippen LogP contribution in [0.2, 0.25) is 0 Å². The average molecular weight is 977 g/mol. The van der Waals surface area contributed by atoms with E-state index in [1.165, 1.54) is 0 Å². The first kappa shape index (κ1) is 49.3. The molecule has 70 heavy (non-hydrogen) atoms. The first-order valence-corrected chi connectivity index (χ1v) is 26.4. The zero-order valence-electron chi connectivity index (χ0n) is 40.5. The van der Waals surface area contributed by atoms with Crippen LogP contribution in [0.1, 0.15) is 99.3 Å². The average Bonchev–Trinajstić information content (AvgIpc) is 4.09. The van der Waals surface area contributed by atoms with E-state index in [0.29, 0.717) is 22.8 Å². The second-order valence-corrected chi connectivity index (χ2v) is 23.2. The predicted molar refractivity (Wildman–Crippen MR) is 282 cm³/mol. The summed E-state index contributed by atoms with van der Waals surface area (Å²) in [7, 11) is -5.99. The lowest BCUT2D eigenvalue weighted by molar-refractivity contribution is 0.0932. The van der Waals surface area contributed by atoms with E-state index in [0.717, 1.165) is 80.9 Å². The van der Waals surface area contributed by atoms with Crippen molar-refractivity contribution in [2.24, 2.45) is 0 Å². The van der Waals surface area contributed by atoms with Gasteiger partial charge in [-0.3, -0.25) is 19.0 Å². The molecule has 0 spiro atoms. The Balaban J connectivity index is 0.000000190. The fraction of sp³-hybridized carbons (Fsp3) is 0.250. The van der Waals surface area contributed by atoms with Gasteiger partial charge in [-0.15, -0.1) is 0 Å². The maximum atomic E-state index is 13.3. The molecule has 9 rings (SSSR count). The topological polar surface area (TPSA) is 182 Å². The fourth-order valence-corrected chi connectivity index (χ4v) is 10.9. The molecule has 0 radical (unpaired) electrons. The second-order valence-electron chi connectivity index (χ2n) is 19.8. The minimum Gasteiger partial charge on any atom is -0.354 e. The highest BCUT2D eigenvalue weighted by molar-refractivity contribution is 7.93. The number of aromatic amines is 2. The maximum Gasteiger partial charge on any atom is 0.268 e. The van der Waals surface area contributed by atoms with Crippen molar-refractivity contribution in [3.8, 4) is 22.3 Å². The standard InChI is InChI=1S/C30H33N3O3S.C26H27N3O3S/c1-30(2,3)21-13-16-24(17-14-21)37(35,36)33-23-15-18-26-25(19-23)27(20-9-5-4-6-10-20)28(32-26)29(34)31-22-11-7-8-12-22;1-26(2,3)18-10-13-20(14-11-18)33(31,32)29-19-12-15-22-21(16-19)23(17-8-6-5-7-9-17)24(28-22)25(30)27-4/h4-6,9-10,13-19,22,32-33H,7-8,11-12H2,1-3H3,(H,31,34);5-16,28-29H,1-4H3,(H,27,30). The maximum absolute atomic E-state index is 13.3. The van der Waals surface area contributed by atoms with Gasteiger partial charge in [-0.1, -0.05) is 139 Å². The third-order valence-corrected chi connectivity index (χ3v) is 15.5. The number of nitrogens with one attached hydrogen (secondary N) is 6. The largest absolute Gasteiger partial charge is 0.354 e. The molecule has 1 aliphatic carbocycles. The summed E-state index contributed by atoms with van der Waals surface area (Å²) >= 11 is 0. The summed E-state index contributed by atoms with van der Waals surface area (Å²) in [6, 6.07) is 43.9. The van der Waals surface area contributed by atoms with E-state index in [-0.39, 0.29) is 38.5 Å². The molecule has 0 unspecified atom stereocenters. The number of fused-ring (bicyclic) bond motifs is 2. The van der Waals surface area contributed by atoms with Crippen LogP contribution >= 0.6 is 0 Å². The van der Waals surface area contributed by atoms with Gasteiger partial charge in [0.25, 0.3) is 31.9 Å². The van der Waals surface area contributed by atoms with E-state index >= 15 is 0 Å². The Labute approximate surface area is 410 Å². The normalized spacial score (nSPS) is 13.4. The summed E-state index contributed by atoms with van der Waals surface area (Å²) in [6.45, 7) is 12.5. The van der Waals surface area contributed by atoms with Crippen LogP contribution in [0.25, 0.3) is 44.1 Å². The van der Waals surface area contributed by atoms with Crippen LogP contribution in [0.4, 0.5) is 11.4 Å². The number of sulfonamides is 2. The van der Waals surface area contributed by atoms with Crippen molar-refractivity contribution in [1.82, 2.24) is 20.6 Å². The van der Waals surface area contributed by atoms with E-state index in [4.69, 9.17) is 0 Å². The molecule has 14 heteroatoms. The summed E-state index contributed by atoms with van der Waals surface area (Å²) in [5.41, 5.74) is 8.52. The van der Waals surface area contributed by atoms with Gasteiger partial charge in [0.15, 0.2) is 0 Å². The summed E-state index contributed by atoms with van der Waals surface area (Å²) in [5.74, 6) is -0.380. The van der Waals surface area contributed by atoms with E-state index in [1.807, 2.05) is 91.0 Å². The molecule has 1 fully saturated rings. The van der Waals surface area contributed by atoms with Gasteiger partial charge in [0.2, 0.25) is 0 Å². The Hall–Kier alpha value is -7.16. The lowest BCUT2D eigenvalue weighted by Crippen LogP contribution is -2.33. The number of carbonyl (C=O) groups is 2. The molecule has 6 N–H and O–H groups in total. The quantitative estimate of drug-likeness (QED) is 0.0750. The molecular formula is C56H60N6O6S2. The van der Waals surface area contributed by atoms with Gasteiger partial charge in [0, 0.05) is 57.4 Å². The number of hydrogen-bond donors (Lipinski definition) is 6. The van der Waals surface area contributed by atoms with Crippen LogP contribution in [-0.4, -0.2) is 51.7 Å². The molecule has 2 heterocycles. The number of H-pyrrole nitrogens is 2. The summed E-state index contributed by atoms with van der Waals surface area (Å²) in [5, 5.41) is 7.37. The predicted octanol–water partition coefficient (Wildman–Crippen LogP) is 11.9. The van der Waals surface area contributed by atoms with Gasteiger partial charge in [0.05, 0.1) is 9.79 Å². The fourth-order valence-electron chi connectivity index (χ4n) is 8.81. The second kappa shape index (κ2) is 19.7. The van der Waals surface area contributed by atoms with E-state index in [2.05, 4.69) is 71.6 Å². The molecule has 6 aromatic carbocycles. The van der Waals surface area contributed by atoms with Gasteiger partial charge in [-0.25, -0.2) is 16.8 Å². The Morgan fingerprint density at radius 3 is 1.27 bits per heavy atom. The summed E-state index contributed by atoms with van der Waals surface area (Å²) in [4.78, 5) is 32.7. The van der Waals surface area contributed by atoms with Crippen molar-refractivity contribution in [1.29, 1.82) is 0 Å². The number of aromatic nitrogens is 2. The van der Waals surface area contributed by atoms with Crippen molar-refractivity contribution < 1.29 is 26.4 Å². The molecule has 362 valence electrons. The Kier molecular flexibility index (Phi) is 13.9. The Morgan fingerprint density at radius 1 is 0.514 bits per heavy atom. The minimum absolute atomic E-state index is 0.0641. The molecule has 12 nitrogen and oxygen atoms in total. The lowest BCUT2D eigenvalue weighted by Gasteiger charge is -2.19. The van der Waals surface area contributed by atoms with Gasteiger partial charge in [0.1, 0.15) is 11.4 Å². The lowest BCUT2D eigenvalue weighted by atomic mass is 9.87. The molecule has 0 saturated heterocycles. The van der Waals surface area contributed by atoms with Gasteiger partial charge < -0.3 is 20.6 Å². The van der Waals surface area contributed by atoms with Crippen molar-refractivity contribution in [3.63, 3.8) is 0 Å². The smallest absolute Gasteiger partial charge is 0.268 e. The van der Waals surface area contributed by atoms with Crippen LogP contribution in [0, 0.1) is 0 Å². The van der Waals surface area contributed by atoms with E-state index < -0.39 is 20.0 Å². The van der Waals surface area contributed by atoms with Crippen molar-refractivity contribution in [3.05, 3.63) is 168 Å². The Morgan fingerprint density at radius 2 is 0.900 bits per heavy atom. The van der Waals surface area contributed by atoms with Gasteiger partial charge >= 0.3 is 0 Å². The molecule has 8 aromatic rings. The summed E-state index contributed by atoms with van der Waals surface area (Å²) in [6.07, 6.45) is 4.25. The first-order valence-electron chi connectivity index (χ1n) is 23.4. The SMILES string of the molecule is CC(C)(C)c1ccc(S(=O)(=O)Nc2ccc3[nH]c(C(=O)NC4CCCC4)c(-c4ccccc4)c3c2)cc1.CNC(=O)c1[nH]c2ccc(NS(=O)(=O)c3ccc(C(C)(C)C)cc3)cc2c1-c1ccccc1. The third kappa shape index (κ3) is 10.8.